The Morgan fingerprint density at radius 1 is 0.967 bits per heavy atom. The Kier molecular flexibility index (Phi) is 4.80. The number of amides is 1. The fraction of sp³-hybridized carbons (Fsp3) is 0.182. The first-order valence-corrected chi connectivity index (χ1v) is 10.1. The standard InChI is InChI=1S/C22H19ClN6O/c23-17-8-5-16(6-9-17)7-10-20(30)27-11-13-28(14-12-27)22-19-4-2-1-3-18(19)21-25-24-15-29(21)26-22/h1-10,15H,11-14H2/b10-7+. The predicted molar refractivity (Wildman–Crippen MR) is 118 cm³/mol. The molecule has 0 radical (unpaired) electrons. The maximum absolute atomic E-state index is 12.6. The number of rotatable bonds is 3. The first-order chi connectivity index (χ1) is 14.7. The lowest BCUT2D eigenvalue weighted by Crippen LogP contribution is -2.48. The average Bonchev–Trinajstić information content (AvgIpc) is 3.27. The van der Waals surface area contributed by atoms with Crippen LogP contribution in [0.4, 0.5) is 5.82 Å². The summed E-state index contributed by atoms with van der Waals surface area (Å²) in [5.41, 5.74) is 1.69. The van der Waals surface area contributed by atoms with Crippen molar-refractivity contribution < 1.29 is 4.79 Å². The van der Waals surface area contributed by atoms with Crippen molar-refractivity contribution in [1.29, 1.82) is 0 Å². The van der Waals surface area contributed by atoms with Gasteiger partial charge in [0.15, 0.2) is 11.5 Å². The third kappa shape index (κ3) is 3.48. The minimum atomic E-state index is 0.0108. The zero-order chi connectivity index (χ0) is 20.5. The molecule has 1 fully saturated rings. The SMILES string of the molecule is O=C(/C=C/c1ccc(Cl)cc1)N1CCN(c2nn3cnnc3c3ccccc23)CC1. The normalized spacial score (nSPS) is 14.8. The molecule has 2 aromatic carbocycles. The topological polar surface area (TPSA) is 66.6 Å². The molecule has 0 bridgehead atoms. The molecule has 0 atom stereocenters. The molecule has 150 valence electrons. The molecule has 0 saturated carbocycles. The van der Waals surface area contributed by atoms with Gasteiger partial charge in [0.2, 0.25) is 5.91 Å². The van der Waals surface area contributed by atoms with Crippen LogP contribution in [0.25, 0.3) is 22.5 Å². The molecule has 7 nitrogen and oxygen atoms in total. The van der Waals surface area contributed by atoms with Gasteiger partial charge in [-0.1, -0.05) is 48.0 Å². The highest BCUT2D eigenvalue weighted by Gasteiger charge is 2.23. The molecule has 2 aromatic heterocycles. The summed E-state index contributed by atoms with van der Waals surface area (Å²) in [6.45, 7) is 2.70. The fourth-order valence-corrected chi connectivity index (χ4v) is 3.85. The molecule has 5 rings (SSSR count). The minimum Gasteiger partial charge on any atom is -0.351 e. The number of anilines is 1. The van der Waals surface area contributed by atoms with Crippen LogP contribution in [0.3, 0.4) is 0 Å². The van der Waals surface area contributed by atoms with Crippen LogP contribution < -0.4 is 4.90 Å². The number of benzene rings is 2. The van der Waals surface area contributed by atoms with E-state index in [0.717, 1.165) is 27.8 Å². The van der Waals surface area contributed by atoms with E-state index < -0.39 is 0 Å². The van der Waals surface area contributed by atoms with Gasteiger partial charge in [0.25, 0.3) is 0 Å². The van der Waals surface area contributed by atoms with E-state index in [1.165, 1.54) is 0 Å². The molecule has 0 aliphatic carbocycles. The highest BCUT2D eigenvalue weighted by Crippen LogP contribution is 2.27. The lowest BCUT2D eigenvalue weighted by atomic mass is 10.1. The number of aromatic nitrogens is 4. The van der Waals surface area contributed by atoms with Gasteiger partial charge in [0, 0.05) is 48.1 Å². The summed E-state index contributed by atoms with van der Waals surface area (Å²) in [7, 11) is 0. The van der Waals surface area contributed by atoms with E-state index in [9.17, 15) is 4.79 Å². The average molecular weight is 419 g/mol. The lowest BCUT2D eigenvalue weighted by molar-refractivity contribution is -0.126. The quantitative estimate of drug-likeness (QED) is 0.477. The summed E-state index contributed by atoms with van der Waals surface area (Å²) in [6.07, 6.45) is 5.06. The Balaban J connectivity index is 1.32. The Morgan fingerprint density at radius 3 is 2.47 bits per heavy atom. The lowest BCUT2D eigenvalue weighted by Gasteiger charge is -2.35. The molecule has 1 saturated heterocycles. The third-order valence-electron chi connectivity index (χ3n) is 5.32. The van der Waals surface area contributed by atoms with Crippen LogP contribution in [0.1, 0.15) is 5.56 Å². The van der Waals surface area contributed by atoms with Crippen LogP contribution in [-0.4, -0.2) is 56.8 Å². The van der Waals surface area contributed by atoms with Crippen molar-refractivity contribution in [2.45, 2.75) is 0 Å². The van der Waals surface area contributed by atoms with E-state index >= 15 is 0 Å². The van der Waals surface area contributed by atoms with Crippen LogP contribution in [0.15, 0.2) is 60.9 Å². The molecular weight excluding hydrogens is 400 g/mol. The Hall–Kier alpha value is -3.45. The van der Waals surface area contributed by atoms with Gasteiger partial charge in [0.05, 0.1) is 0 Å². The molecule has 0 spiro atoms. The van der Waals surface area contributed by atoms with Crippen molar-refractivity contribution in [2.75, 3.05) is 31.1 Å². The molecule has 0 N–H and O–H groups in total. The van der Waals surface area contributed by atoms with Crippen LogP contribution in [0.5, 0.6) is 0 Å². The summed E-state index contributed by atoms with van der Waals surface area (Å²) in [5.74, 6) is 0.901. The maximum Gasteiger partial charge on any atom is 0.246 e. The number of piperazine rings is 1. The number of carbonyl (C=O) groups excluding carboxylic acids is 1. The molecule has 1 aliphatic rings. The van der Waals surface area contributed by atoms with E-state index in [4.69, 9.17) is 16.7 Å². The number of carbonyl (C=O) groups is 1. The van der Waals surface area contributed by atoms with Gasteiger partial charge in [-0.2, -0.15) is 4.52 Å². The fourth-order valence-electron chi connectivity index (χ4n) is 3.73. The van der Waals surface area contributed by atoms with Crippen LogP contribution in [0.2, 0.25) is 5.02 Å². The number of hydrogen-bond donors (Lipinski definition) is 0. The molecule has 30 heavy (non-hydrogen) atoms. The number of hydrogen-bond acceptors (Lipinski definition) is 5. The maximum atomic E-state index is 12.6. The summed E-state index contributed by atoms with van der Waals surface area (Å²) in [6, 6.07) is 15.5. The third-order valence-corrected chi connectivity index (χ3v) is 5.57. The molecular formula is C22H19ClN6O. The van der Waals surface area contributed by atoms with Gasteiger partial charge in [-0.25, -0.2) is 0 Å². The van der Waals surface area contributed by atoms with Gasteiger partial charge in [0.1, 0.15) is 6.33 Å². The van der Waals surface area contributed by atoms with Crippen molar-refractivity contribution in [3.05, 3.63) is 71.5 Å². The molecule has 8 heteroatoms. The van der Waals surface area contributed by atoms with Crippen LogP contribution in [-0.2, 0) is 4.79 Å². The van der Waals surface area contributed by atoms with Gasteiger partial charge in [-0.3, -0.25) is 4.79 Å². The molecule has 4 aromatic rings. The Morgan fingerprint density at radius 2 is 1.70 bits per heavy atom. The van der Waals surface area contributed by atoms with Gasteiger partial charge in [-0.05, 0) is 23.8 Å². The minimum absolute atomic E-state index is 0.0108. The van der Waals surface area contributed by atoms with Crippen molar-refractivity contribution in [1.82, 2.24) is 24.7 Å². The zero-order valence-electron chi connectivity index (χ0n) is 16.1. The van der Waals surface area contributed by atoms with Crippen LogP contribution >= 0.6 is 11.6 Å². The molecule has 1 aliphatic heterocycles. The van der Waals surface area contributed by atoms with E-state index in [1.54, 1.807) is 16.9 Å². The molecule has 0 unspecified atom stereocenters. The smallest absolute Gasteiger partial charge is 0.246 e. The summed E-state index contributed by atoms with van der Waals surface area (Å²) in [4.78, 5) is 16.7. The zero-order valence-corrected chi connectivity index (χ0v) is 16.9. The van der Waals surface area contributed by atoms with Gasteiger partial charge in [-0.15, -0.1) is 15.3 Å². The second-order valence-electron chi connectivity index (χ2n) is 7.17. The summed E-state index contributed by atoms with van der Waals surface area (Å²) >= 11 is 5.90. The van der Waals surface area contributed by atoms with E-state index in [2.05, 4.69) is 21.2 Å². The van der Waals surface area contributed by atoms with Crippen molar-refractivity contribution in [3.63, 3.8) is 0 Å². The first-order valence-electron chi connectivity index (χ1n) is 9.75. The predicted octanol–water partition coefficient (Wildman–Crippen LogP) is 3.29. The molecule has 3 heterocycles. The van der Waals surface area contributed by atoms with Crippen molar-refractivity contribution >= 4 is 45.8 Å². The van der Waals surface area contributed by atoms with E-state index in [1.807, 2.05) is 53.4 Å². The van der Waals surface area contributed by atoms with E-state index in [-0.39, 0.29) is 5.91 Å². The summed E-state index contributed by atoms with van der Waals surface area (Å²) in [5, 5.41) is 15.6. The van der Waals surface area contributed by atoms with Gasteiger partial charge < -0.3 is 9.80 Å². The second-order valence-corrected chi connectivity index (χ2v) is 7.60. The number of halogens is 1. The number of nitrogens with zero attached hydrogens (tertiary/aromatic N) is 6. The monoisotopic (exact) mass is 418 g/mol. The molecule has 1 amide bonds. The second kappa shape index (κ2) is 7.76. The highest BCUT2D eigenvalue weighted by molar-refractivity contribution is 6.30. The first kappa shape index (κ1) is 18.6. The largest absolute Gasteiger partial charge is 0.351 e. The Labute approximate surface area is 178 Å². The Bertz CT molecular complexity index is 1240. The van der Waals surface area contributed by atoms with Crippen molar-refractivity contribution in [3.8, 4) is 0 Å². The van der Waals surface area contributed by atoms with Crippen molar-refractivity contribution in [2.24, 2.45) is 0 Å². The van der Waals surface area contributed by atoms with Crippen LogP contribution in [0, 0.1) is 0 Å². The summed E-state index contributed by atoms with van der Waals surface area (Å²) < 4.78 is 1.71. The highest BCUT2D eigenvalue weighted by atomic mass is 35.5. The van der Waals surface area contributed by atoms with E-state index in [0.29, 0.717) is 31.2 Å². The number of fused-ring (bicyclic) bond motifs is 3. The van der Waals surface area contributed by atoms with Gasteiger partial charge >= 0.3 is 0 Å².